The van der Waals surface area contributed by atoms with Crippen molar-refractivity contribution in [3.8, 4) is 0 Å². The SMILES string of the molecule is O=S1CCN(S(=O)(=O)c2ccccc2Cl)CC1. The summed E-state index contributed by atoms with van der Waals surface area (Å²) in [5, 5.41) is 0.221. The predicted octanol–water partition coefficient (Wildman–Crippen LogP) is 1.09. The van der Waals surface area contributed by atoms with Crippen LogP contribution in [0.15, 0.2) is 29.2 Å². The lowest BCUT2D eigenvalue weighted by molar-refractivity contribution is 0.439. The lowest BCUT2D eigenvalue weighted by Gasteiger charge is -2.25. The lowest BCUT2D eigenvalue weighted by atomic mass is 10.4. The van der Waals surface area contributed by atoms with E-state index in [0.717, 1.165) is 0 Å². The number of halogens is 1. The zero-order valence-electron chi connectivity index (χ0n) is 9.00. The summed E-state index contributed by atoms with van der Waals surface area (Å²) in [4.78, 5) is 0.120. The van der Waals surface area contributed by atoms with Gasteiger partial charge in [0.25, 0.3) is 0 Å². The predicted molar refractivity (Wildman–Crippen MR) is 68.1 cm³/mol. The fraction of sp³-hybridized carbons (Fsp3) is 0.400. The van der Waals surface area contributed by atoms with Crippen molar-refractivity contribution in [1.29, 1.82) is 0 Å². The van der Waals surface area contributed by atoms with Crippen molar-refractivity contribution in [3.63, 3.8) is 0 Å². The molecular formula is C10H12ClNO3S2. The molecule has 1 aliphatic rings. The summed E-state index contributed by atoms with van der Waals surface area (Å²) >= 11 is 5.89. The summed E-state index contributed by atoms with van der Waals surface area (Å²) in [7, 11) is -4.45. The highest BCUT2D eigenvalue weighted by Gasteiger charge is 2.29. The van der Waals surface area contributed by atoms with Crippen molar-refractivity contribution in [2.75, 3.05) is 24.6 Å². The molecule has 4 nitrogen and oxygen atoms in total. The fourth-order valence-corrected chi connectivity index (χ4v) is 4.87. The Morgan fingerprint density at radius 3 is 2.35 bits per heavy atom. The maximum Gasteiger partial charge on any atom is 0.244 e. The van der Waals surface area contributed by atoms with E-state index < -0.39 is 20.8 Å². The summed E-state index contributed by atoms with van der Waals surface area (Å²) in [6, 6.07) is 6.37. The second kappa shape index (κ2) is 5.06. The molecule has 0 amide bonds. The van der Waals surface area contributed by atoms with Gasteiger partial charge in [0, 0.05) is 35.4 Å². The lowest BCUT2D eigenvalue weighted by Crippen LogP contribution is -2.41. The summed E-state index contributed by atoms with van der Waals surface area (Å²) in [6.07, 6.45) is 0. The van der Waals surface area contributed by atoms with Crippen molar-refractivity contribution >= 4 is 32.4 Å². The number of nitrogens with zero attached hydrogens (tertiary/aromatic N) is 1. The Hall–Kier alpha value is -0.430. The largest absolute Gasteiger partial charge is 0.259 e. The molecule has 0 bridgehead atoms. The van der Waals surface area contributed by atoms with E-state index in [4.69, 9.17) is 11.6 Å². The van der Waals surface area contributed by atoms with E-state index in [0.29, 0.717) is 24.6 Å². The van der Waals surface area contributed by atoms with Crippen molar-refractivity contribution < 1.29 is 12.6 Å². The van der Waals surface area contributed by atoms with Crippen molar-refractivity contribution in [1.82, 2.24) is 4.31 Å². The van der Waals surface area contributed by atoms with Crippen LogP contribution in [-0.2, 0) is 20.8 Å². The van der Waals surface area contributed by atoms with Gasteiger partial charge in [-0.3, -0.25) is 4.21 Å². The number of hydrogen-bond donors (Lipinski definition) is 0. The van der Waals surface area contributed by atoms with Crippen LogP contribution in [0.1, 0.15) is 0 Å². The van der Waals surface area contributed by atoms with Crippen LogP contribution in [0.2, 0.25) is 5.02 Å². The molecule has 1 heterocycles. The first-order valence-corrected chi connectivity index (χ1v) is 8.42. The van der Waals surface area contributed by atoms with Gasteiger partial charge in [0.2, 0.25) is 10.0 Å². The monoisotopic (exact) mass is 293 g/mol. The van der Waals surface area contributed by atoms with Crippen LogP contribution in [0.5, 0.6) is 0 Å². The molecule has 94 valence electrons. The van der Waals surface area contributed by atoms with Gasteiger partial charge in [-0.25, -0.2) is 8.42 Å². The van der Waals surface area contributed by atoms with E-state index in [-0.39, 0.29) is 9.92 Å². The first-order valence-electron chi connectivity index (χ1n) is 5.11. The van der Waals surface area contributed by atoms with E-state index in [1.807, 2.05) is 0 Å². The summed E-state index contributed by atoms with van der Waals surface area (Å²) < 4.78 is 37.1. The number of hydrogen-bond acceptors (Lipinski definition) is 3. The summed E-state index contributed by atoms with van der Waals surface area (Å²) in [5.41, 5.74) is 0. The third-order valence-corrected chi connectivity index (χ3v) is 6.27. The molecule has 0 radical (unpaired) electrons. The highest BCUT2D eigenvalue weighted by atomic mass is 35.5. The summed E-state index contributed by atoms with van der Waals surface area (Å²) in [5.74, 6) is 0.785. The molecule has 2 rings (SSSR count). The summed E-state index contributed by atoms with van der Waals surface area (Å²) in [6.45, 7) is 0.584. The van der Waals surface area contributed by atoms with Gasteiger partial charge in [0.05, 0.1) is 5.02 Å². The maximum atomic E-state index is 12.3. The Morgan fingerprint density at radius 2 is 1.76 bits per heavy atom. The molecule has 1 fully saturated rings. The minimum atomic E-state index is -3.55. The quantitative estimate of drug-likeness (QED) is 0.820. The number of rotatable bonds is 2. The Balaban J connectivity index is 2.31. The van der Waals surface area contributed by atoms with E-state index in [2.05, 4.69) is 0 Å². The van der Waals surface area contributed by atoms with Gasteiger partial charge in [0.1, 0.15) is 4.90 Å². The standard InChI is InChI=1S/C10H12ClNO3S2/c11-9-3-1-2-4-10(9)17(14,15)12-5-7-16(13)8-6-12/h1-4H,5-8H2. The third-order valence-electron chi connectivity index (χ3n) is 2.59. The molecule has 0 spiro atoms. The number of sulfonamides is 1. The molecule has 1 aromatic rings. The fourth-order valence-electron chi connectivity index (χ4n) is 1.65. The van der Waals surface area contributed by atoms with Gasteiger partial charge in [0.15, 0.2) is 0 Å². The van der Waals surface area contributed by atoms with Crippen LogP contribution in [0.3, 0.4) is 0 Å². The molecule has 0 aromatic heterocycles. The molecule has 0 saturated carbocycles. The third kappa shape index (κ3) is 2.70. The topological polar surface area (TPSA) is 54.5 Å². The Morgan fingerprint density at radius 1 is 1.18 bits per heavy atom. The van der Waals surface area contributed by atoms with Crippen molar-refractivity contribution in [2.45, 2.75) is 4.90 Å². The normalized spacial score (nSPS) is 19.4. The minimum Gasteiger partial charge on any atom is -0.259 e. The van der Waals surface area contributed by atoms with E-state index in [1.54, 1.807) is 18.2 Å². The molecule has 0 aliphatic carbocycles. The number of benzene rings is 1. The minimum absolute atomic E-state index is 0.120. The Bertz CT molecular complexity index is 534. The Labute approximate surface area is 108 Å². The average Bonchev–Trinajstić information content (AvgIpc) is 2.30. The highest BCUT2D eigenvalue weighted by Crippen LogP contribution is 2.24. The van der Waals surface area contributed by atoms with Crippen LogP contribution < -0.4 is 0 Å². The van der Waals surface area contributed by atoms with E-state index in [1.165, 1.54) is 10.4 Å². The molecule has 0 atom stereocenters. The van der Waals surface area contributed by atoms with Crippen LogP contribution in [0, 0.1) is 0 Å². The van der Waals surface area contributed by atoms with Crippen molar-refractivity contribution in [2.24, 2.45) is 0 Å². The van der Waals surface area contributed by atoms with Gasteiger partial charge in [-0.2, -0.15) is 4.31 Å². The molecule has 7 heteroatoms. The molecule has 0 N–H and O–H groups in total. The zero-order chi connectivity index (χ0) is 12.5. The van der Waals surface area contributed by atoms with E-state index >= 15 is 0 Å². The van der Waals surface area contributed by atoms with Gasteiger partial charge in [-0.15, -0.1) is 0 Å². The van der Waals surface area contributed by atoms with Crippen LogP contribution >= 0.6 is 11.6 Å². The molecule has 1 aliphatic heterocycles. The molecule has 17 heavy (non-hydrogen) atoms. The Kier molecular flexibility index (Phi) is 3.87. The highest BCUT2D eigenvalue weighted by molar-refractivity contribution is 7.89. The maximum absolute atomic E-state index is 12.3. The second-order valence-electron chi connectivity index (χ2n) is 3.68. The molecule has 1 saturated heterocycles. The first-order chi connectivity index (χ1) is 8.01. The van der Waals surface area contributed by atoms with E-state index in [9.17, 15) is 12.6 Å². The average molecular weight is 294 g/mol. The van der Waals surface area contributed by atoms with Gasteiger partial charge >= 0.3 is 0 Å². The van der Waals surface area contributed by atoms with Crippen LogP contribution in [0.25, 0.3) is 0 Å². The van der Waals surface area contributed by atoms with Gasteiger partial charge < -0.3 is 0 Å². The van der Waals surface area contributed by atoms with Crippen molar-refractivity contribution in [3.05, 3.63) is 29.3 Å². The first kappa shape index (κ1) is 13.0. The van der Waals surface area contributed by atoms with Crippen LogP contribution in [0.4, 0.5) is 0 Å². The smallest absolute Gasteiger partial charge is 0.244 e. The molecule has 1 aromatic carbocycles. The molecule has 0 unspecified atom stereocenters. The van der Waals surface area contributed by atoms with Gasteiger partial charge in [-0.1, -0.05) is 23.7 Å². The van der Waals surface area contributed by atoms with Crippen LogP contribution in [-0.4, -0.2) is 41.5 Å². The zero-order valence-corrected chi connectivity index (χ0v) is 11.4. The van der Waals surface area contributed by atoms with Gasteiger partial charge in [-0.05, 0) is 12.1 Å². The second-order valence-corrected chi connectivity index (χ2v) is 7.69. The molecular weight excluding hydrogens is 282 g/mol.